The third kappa shape index (κ3) is 5.24. The van der Waals surface area contributed by atoms with Gasteiger partial charge in [0.1, 0.15) is 5.60 Å². The van der Waals surface area contributed by atoms with E-state index in [9.17, 15) is 0 Å². The first-order valence-electron chi connectivity index (χ1n) is 12.5. The van der Waals surface area contributed by atoms with E-state index in [1.54, 1.807) is 0 Å². The van der Waals surface area contributed by atoms with Gasteiger partial charge in [0.15, 0.2) is 8.32 Å². The first-order valence-corrected chi connectivity index (χ1v) is 15.6. The Kier molecular flexibility index (Phi) is 7.82. The second-order valence-corrected chi connectivity index (χ2v) is 13.9. The van der Waals surface area contributed by atoms with Gasteiger partial charge in [-0.15, -0.1) is 0 Å². The molecule has 174 valence electrons. The van der Waals surface area contributed by atoms with E-state index in [2.05, 4.69) is 141 Å². The molecule has 0 aliphatic carbocycles. The normalized spacial score (nSPS) is 12.1. The average Bonchev–Trinajstić information content (AvgIpc) is 2.89. The summed E-state index contributed by atoms with van der Waals surface area (Å²) in [6, 6.07) is 44.7. The van der Waals surface area contributed by atoms with Crippen LogP contribution in [0.4, 0.5) is 0 Å². The predicted molar refractivity (Wildman–Crippen MR) is 147 cm³/mol. The lowest BCUT2D eigenvalue weighted by atomic mass is 9.70. The van der Waals surface area contributed by atoms with Gasteiger partial charge in [-0.2, -0.15) is 0 Å². The van der Waals surface area contributed by atoms with Crippen molar-refractivity contribution in [3.05, 3.63) is 144 Å². The van der Waals surface area contributed by atoms with Crippen LogP contribution in [0.1, 0.15) is 47.9 Å². The molecule has 34 heavy (non-hydrogen) atoms. The topological polar surface area (TPSA) is 9.23 Å². The Morgan fingerprint density at radius 3 is 1.38 bits per heavy atom. The van der Waals surface area contributed by atoms with Crippen molar-refractivity contribution in [2.75, 3.05) is 0 Å². The third-order valence-corrected chi connectivity index (χ3v) is 9.08. The molecule has 0 N–H and O–H groups in total. The summed E-state index contributed by atoms with van der Waals surface area (Å²) in [5, 5.41) is 0. The summed E-state index contributed by atoms with van der Waals surface area (Å²) in [4.78, 5) is 0. The lowest BCUT2D eigenvalue weighted by molar-refractivity contribution is 0.0808. The van der Waals surface area contributed by atoms with E-state index in [1.807, 2.05) is 0 Å². The van der Waals surface area contributed by atoms with E-state index in [0.717, 1.165) is 6.04 Å². The van der Waals surface area contributed by atoms with E-state index in [4.69, 9.17) is 4.43 Å². The Morgan fingerprint density at radius 2 is 1.00 bits per heavy atom. The van der Waals surface area contributed by atoms with Crippen LogP contribution in [0, 0.1) is 0 Å². The van der Waals surface area contributed by atoms with Gasteiger partial charge in [0, 0.05) is 5.92 Å². The molecule has 0 spiro atoms. The Balaban J connectivity index is 2.05. The summed E-state index contributed by atoms with van der Waals surface area (Å²) in [7, 11) is -2.05. The van der Waals surface area contributed by atoms with Crippen LogP contribution in [0.5, 0.6) is 0 Å². The summed E-state index contributed by atoms with van der Waals surface area (Å²) in [5.41, 5.74) is 4.30. The van der Waals surface area contributed by atoms with Crippen LogP contribution in [0.3, 0.4) is 0 Å². The summed E-state index contributed by atoms with van der Waals surface area (Å²) < 4.78 is 7.61. The van der Waals surface area contributed by atoms with Crippen LogP contribution in [-0.4, -0.2) is 8.32 Å². The zero-order valence-corrected chi connectivity index (χ0v) is 21.7. The second-order valence-electron chi connectivity index (χ2n) is 9.69. The SMILES string of the molecule is CCCC[Si](C)(C)OC(c1ccccc1)(c1ccccc1)C(c1ccccc1)c1ccccc1. The molecule has 0 unspecified atom stereocenters. The predicted octanol–water partition coefficient (Wildman–Crippen LogP) is 8.78. The van der Waals surface area contributed by atoms with E-state index in [1.165, 1.54) is 35.1 Å². The van der Waals surface area contributed by atoms with Gasteiger partial charge in [-0.05, 0) is 41.4 Å². The van der Waals surface area contributed by atoms with Gasteiger partial charge >= 0.3 is 0 Å². The molecule has 0 amide bonds. The first kappa shape index (κ1) is 24.2. The second kappa shape index (κ2) is 11.0. The van der Waals surface area contributed by atoms with Crippen LogP contribution in [0.15, 0.2) is 121 Å². The number of hydrogen-bond donors (Lipinski definition) is 0. The molecule has 0 bridgehead atoms. The van der Waals surface area contributed by atoms with Crippen molar-refractivity contribution in [2.45, 2.75) is 50.4 Å². The Labute approximate surface area is 206 Å². The van der Waals surface area contributed by atoms with E-state index < -0.39 is 13.9 Å². The fourth-order valence-electron chi connectivity index (χ4n) is 5.09. The van der Waals surface area contributed by atoms with Crippen molar-refractivity contribution in [3.8, 4) is 0 Å². The van der Waals surface area contributed by atoms with Gasteiger partial charge in [-0.25, -0.2) is 0 Å². The highest BCUT2D eigenvalue weighted by Gasteiger charge is 2.48. The zero-order valence-electron chi connectivity index (χ0n) is 20.7. The van der Waals surface area contributed by atoms with Gasteiger partial charge in [-0.3, -0.25) is 0 Å². The summed E-state index contributed by atoms with van der Waals surface area (Å²) in [5.74, 6) is 0.00750. The monoisotopic (exact) mass is 464 g/mol. The highest BCUT2D eigenvalue weighted by atomic mass is 28.4. The van der Waals surface area contributed by atoms with Gasteiger partial charge in [0.05, 0.1) is 0 Å². The third-order valence-electron chi connectivity index (χ3n) is 6.65. The van der Waals surface area contributed by atoms with Crippen molar-refractivity contribution in [2.24, 2.45) is 0 Å². The molecule has 0 fully saturated rings. The van der Waals surface area contributed by atoms with Gasteiger partial charge in [0.25, 0.3) is 0 Å². The van der Waals surface area contributed by atoms with E-state index in [0.29, 0.717) is 0 Å². The molecular formula is C32H36OSi. The maximum Gasteiger partial charge on any atom is 0.188 e. The van der Waals surface area contributed by atoms with Crippen LogP contribution in [-0.2, 0) is 10.0 Å². The minimum Gasteiger partial charge on any atom is -0.403 e. The Hall–Kier alpha value is -2.94. The van der Waals surface area contributed by atoms with E-state index >= 15 is 0 Å². The van der Waals surface area contributed by atoms with Crippen molar-refractivity contribution >= 4 is 8.32 Å². The van der Waals surface area contributed by atoms with Crippen LogP contribution in [0.2, 0.25) is 19.1 Å². The number of rotatable bonds is 10. The van der Waals surface area contributed by atoms with Crippen molar-refractivity contribution in [1.82, 2.24) is 0 Å². The Morgan fingerprint density at radius 1 is 0.618 bits per heavy atom. The number of unbranched alkanes of at least 4 members (excludes halogenated alkanes) is 1. The van der Waals surface area contributed by atoms with Gasteiger partial charge in [-0.1, -0.05) is 141 Å². The maximum atomic E-state index is 7.61. The van der Waals surface area contributed by atoms with Crippen LogP contribution < -0.4 is 0 Å². The number of hydrogen-bond acceptors (Lipinski definition) is 1. The highest BCUT2D eigenvalue weighted by molar-refractivity contribution is 6.71. The lowest BCUT2D eigenvalue weighted by Crippen LogP contribution is -2.47. The largest absolute Gasteiger partial charge is 0.403 e. The fraction of sp³-hybridized carbons (Fsp3) is 0.250. The van der Waals surface area contributed by atoms with Crippen LogP contribution in [0.25, 0.3) is 0 Å². The molecule has 0 aliphatic rings. The summed E-state index contributed by atoms with van der Waals surface area (Å²) >= 11 is 0. The molecular weight excluding hydrogens is 428 g/mol. The van der Waals surface area contributed by atoms with Crippen molar-refractivity contribution in [1.29, 1.82) is 0 Å². The average molecular weight is 465 g/mol. The van der Waals surface area contributed by atoms with Crippen molar-refractivity contribution < 1.29 is 4.43 Å². The fourth-order valence-corrected chi connectivity index (χ4v) is 7.62. The minimum absolute atomic E-state index is 0.00750. The van der Waals surface area contributed by atoms with Crippen LogP contribution >= 0.6 is 0 Å². The smallest absolute Gasteiger partial charge is 0.188 e. The molecule has 2 heteroatoms. The van der Waals surface area contributed by atoms with Gasteiger partial charge < -0.3 is 4.43 Å². The Bertz CT molecular complexity index is 1050. The maximum absolute atomic E-state index is 7.61. The molecule has 0 radical (unpaired) electrons. The van der Waals surface area contributed by atoms with E-state index in [-0.39, 0.29) is 5.92 Å². The molecule has 0 saturated carbocycles. The number of benzene rings is 4. The minimum atomic E-state index is -2.05. The molecule has 0 atom stereocenters. The molecule has 4 aromatic carbocycles. The summed E-state index contributed by atoms with van der Waals surface area (Å²) in [6.45, 7) is 7.04. The first-order chi connectivity index (χ1) is 16.6. The quantitative estimate of drug-likeness (QED) is 0.213. The lowest BCUT2D eigenvalue weighted by Gasteiger charge is -2.47. The van der Waals surface area contributed by atoms with Crippen molar-refractivity contribution in [3.63, 3.8) is 0 Å². The molecule has 0 heterocycles. The molecule has 4 rings (SSSR count). The molecule has 4 aromatic rings. The highest BCUT2D eigenvalue weighted by Crippen LogP contribution is 2.51. The standard InChI is InChI=1S/C32H36OSi/c1-4-5-26-34(2,3)33-32(29-22-14-8-15-23-29,30-24-16-9-17-25-30)31(27-18-10-6-11-19-27)28-20-12-7-13-21-28/h6-25,31H,4-5,26H2,1-3H3. The van der Waals surface area contributed by atoms with Gasteiger partial charge in [0.2, 0.25) is 0 Å². The molecule has 0 aromatic heterocycles. The molecule has 1 nitrogen and oxygen atoms in total. The molecule has 0 saturated heterocycles. The zero-order chi connectivity index (χ0) is 23.9. The summed E-state index contributed by atoms with van der Waals surface area (Å²) in [6.07, 6.45) is 2.38. The molecule has 0 aliphatic heterocycles.